The van der Waals surface area contributed by atoms with Crippen molar-refractivity contribution in [3.63, 3.8) is 0 Å². The van der Waals surface area contributed by atoms with Gasteiger partial charge in [-0.25, -0.2) is 18.7 Å². The lowest BCUT2D eigenvalue weighted by Gasteiger charge is -2.24. The van der Waals surface area contributed by atoms with Crippen LogP contribution in [0.3, 0.4) is 0 Å². The fraction of sp³-hybridized carbons (Fsp3) is 0.286. The van der Waals surface area contributed by atoms with Crippen LogP contribution < -0.4 is 4.90 Å². The molecule has 0 amide bonds. The number of aromatic nitrogens is 2. The van der Waals surface area contributed by atoms with Gasteiger partial charge in [0.2, 0.25) is 5.95 Å². The van der Waals surface area contributed by atoms with E-state index in [1.165, 1.54) is 0 Å². The fourth-order valence-electron chi connectivity index (χ4n) is 2.54. The monoisotopic (exact) mass is 277 g/mol. The van der Waals surface area contributed by atoms with E-state index >= 15 is 0 Å². The van der Waals surface area contributed by atoms with Crippen LogP contribution in [0.1, 0.15) is 18.0 Å². The Kier molecular flexibility index (Phi) is 3.31. The lowest BCUT2D eigenvalue weighted by atomic mass is 10.0. The minimum absolute atomic E-state index is 0.217. The molecular weight excluding hydrogens is 264 g/mol. The predicted octanol–water partition coefficient (Wildman–Crippen LogP) is 2.07. The topological polar surface area (TPSA) is 49.2 Å². The smallest absolute Gasteiger partial charge is 0.225 e. The first-order chi connectivity index (χ1) is 9.65. The molecule has 20 heavy (non-hydrogen) atoms. The van der Waals surface area contributed by atoms with E-state index in [4.69, 9.17) is 0 Å². The Morgan fingerprint density at radius 2 is 1.95 bits per heavy atom. The highest BCUT2D eigenvalue weighted by molar-refractivity contribution is 5.39. The van der Waals surface area contributed by atoms with Crippen molar-refractivity contribution in [3.05, 3.63) is 53.9 Å². The highest BCUT2D eigenvalue weighted by atomic mass is 19.1. The number of hydrogen-bond donors (Lipinski definition) is 1. The van der Waals surface area contributed by atoms with Gasteiger partial charge in [-0.05, 0) is 30.7 Å². The average Bonchev–Trinajstić information content (AvgIpc) is 2.84. The van der Waals surface area contributed by atoms with E-state index in [1.54, 1.807) is 23.4 Å². The minimum atomic E-state index is -0.619. The van der Waals surface area contributed by atoms with E-state index in [0.29, 0.717) is 18.9 Å². The Hall–Kier alpha value is -2.08. The number of aliphatic hydroxyl groups excluding tert-OH is 1. The number of halogens is 2. The zero-order valence-electron chi connectivity index (χ0n) is 10.6. The molecule has 1 aromatic carbocycles. The summed E-state index contributed by atoms with van der Waals surface area (Å²) in [5.74, 6) is -0.596. The molecule has 2 heterocycles. The van der Waals surface area contributed by atoms with Crippen molar-refractivity contribution in [2.75, 3.05) is 11.4 Å². The molecule has 2 atom stereocenters. The van der Waals surface area contributed by atoms with Gasteiger partial charge in [0.25, 0.3) is 0 Å². The lowest BCUT2D eigenvalue weighted by molar-refractivity contribution is 0.194. The first-order valence-corrected chi connectivity index (χ1v) is 6.32. The van der Waals surface area contributed by atoms with Crippen molar-refractivity contribution >= 4 is 5.95 Å². The molecule has 104 valence electrons. The second kappa shape index (κ2) is 5.13. The SMILES string of the molecule is O[C@H]1C[C@H](c2cc(F)ccc2F)N(c2ncccn2)C1. The molecule has 1 aliphatic rings. The standard InChI is InChI=1S/C14H13F2N3O/c15-9-2-3-12(16)11(6-9)13-7-10(20)8-19(13)14-17-4-1-5-18-14/h1-6,10,13,20H,7-8H2/t10-,13+/m0/s1. The summed E-state index contributed by atoms with van der Waals surface area (Å²) >= 11 is 0. The first-order valence-electron chi connectivity index (χ1n) is 6.32. The van der Waals surface area contributed by atoms with Gasteiger partial charge in [0, 0.05) is 24.5 Å². The largest absolute Gasteiger partial charge is 0.391 e. The maximum absolute atomic E-state index is 13.9. The number of β-amino-alcohol motifs (C(OH)–C–C–N with tert-alkyl or cyclic N) is 1. The van der Waals surface area contributed by atoms with Crippen LogP contribution in [0.2, 0.25) is 0 Å². The molecule has 2 aromatic rings. The second-order valence-electron chi connectivity index (χ2n) is 4.77. The van der Waals surface area contributed by atoms with Gasteiger partial charge in [0.1, 0.15) is 11.6 Å². The summed E-state index contributed by atoms with van der Waals surface area (Å²) in [6.45, 7) is 0.296. The number of rotatable bonds is 2. The van der Waals surface area contributed by atoms with E-state index in [9.17, 15) is 13.9 Å². The van der Waals surface area contributed by atoms with Gasteiger partial charge >= 0.3 is 0 Å². The highest BCUT2D eigenvalue weighted by Gasteiger charge is 2.35. The summed E-state index contributed by atoms with van der Waals surface area (Å²) in [6.07, 6.45) is 2.85. The van der Waals surface area contributed by atoms with Gasteiger partial charge in [-0.2, -0.15) is 0 Å². The van der Waals surface area contributed by atoms with Crippen LogP contribution in [-0.4, -0.2) is 27.7 Å². The van der Waals surface area contributed by atoms with Gasteiger partial charge < -0.3 is 10.0 Å². The molecule has 0 unspecified atom stereocenters. The van der Waals surface area contributed by atoms with Crippen LogP contribution in [0, 0.1) is 11.6 Å². The normalized spacial score (nSPS) is 22.2. The van der Waals surface area contributed by atoms with Gasteiger partial charge in [-0.1, -0.05) is 0 Å². The van der Waals surface area contributed by atoms with Crippen LogP contribution in [-0.2, 0) is 0 Å². The number of benzene rings is 1. The van der Waals surface area contributed by atoms with Crippen molar-refractivity contribution in [3.8, 4) is 0 Å². The fourth-order valence-corrected chi connectivity index (χ4v) is 2.54. The molecule has 3 rings (SSSR count). The Bertz CT molecular complexity index is 609. The maximum Gasteiger partial charge on any atom is 0.225 e. The number of nitrogens with zero attached hydrogens (tertiary/aromatic N) is 3. The predicted molar refractivity (Wildman–Crippen MR) is 69.1 cm³/mol. The lowest BCUT2D eigenvalue weighted by Crippen LogP contribution is -2.26. The Balaban J connectivity index is 2.00. The molecule has 0 saturated carbocycles. The minimum Gasteiger partial charge on any atom is -0.391 e. The molecular formula is C14H13F2N3O. The van der Waals surface area contributed by atoms with Gasteiger partial charge in [0.15, 0.2) is 0 Å². The van der Waals surface area contributed by atoms with Crippen LogP contribution in [0.4, 0.5) is 14.7 Å². The van der Waals surface area contributed by atoms with Gasteiger partial charge in [-0.15, -0.1) is 0 Å². The number of hydrogen-bond acceptors (Lipinski definition) is 4. The molecule has 1 saturated heterocycles. The first kappa shape index (κ1) is 12.9. The van der Waals surface area contributed by atoms with E-state index in [1.807, 2.05) is 0 Å². The van der Waals surface area contributed by atoms with Crippen molar-refractivity contribution in [2.24, 2.45) is 0 Å². The highest BCUT2D eigenvalue weighted by Crippen LogP contribution is 2.35. The number of aliphatic hydroxyl groups is 1. The van der Waals surface area contributed by atoms with Crippen LogP contribution in [0.25, 0.3) is 0 Å². The van der Waals surface area contributed by atoms with E-state index in [0.717, 1.165) is 18.2 Å². The second-order valence-corrected chi connectivity index (χ2v) is 4.77. The summed E-state index contributed by atoms with van der Waals surface area (Å²) in [4.78, 5) is 9.92. The summed E-state index contributed by atoms with van der Waals surface area (Å²) < 4.78 is 27.3. The molecule has 1 aromatic heterocycles. The molecule has 0 radical (unpaired) electrons. The zero-order chi connectivity index (χ0) is 14.1. The van der Waals surface area contributed by atoms with Gasteiger partial charge in [0.05, 0.1) is 12.1 Å². The molecule has 1 aliphatic heterocycles. The van der Waals surface area contributed by atoms with Crippen LogP contribution >= 0.6 is 0 Å². The maximum atomic E-state index is 13.9. The average molecular weight is 277 g/mol. The Morgan fingerprint density at radius 3 is 2.70 bits per heavy atom. The molecule has 0 aliphatic carbocycles. The summed E-state index contributed by atoms with van der Waals surface area (Å²) in [6, 6.07) is 4.54. The molecule has 4 nitrogen and oxygen atoms in total. The molecule has 0 bridgehead atoms. The van der Waals surface area contributed by atoms with Crippen molar-refractivity contribution in [1.82, 2.24) is 9.97 Å². The van der Waals surface area contributed by atoms with E-state index < -0.39 is 23.8 Å². The third-order valence-electron chi connectivity index (χ3n) is 3.41. The third-order valence-corrected chi connectivity index (χ3v) is 3.41. The quantitative estimate of drug-likeness (QED) is 0.913. The Morgan fingerprint density at radius 1 is 1.20 bits per heavy atom. The number of anilines is 1. The van der Waals surface area contributed by atoms with Crippen molar-refractivity contribution in [1.29, 1.82) is 0 Å². The summed E-state index contributed by atoms with van der Waals surface area (Å²) in [7, 11) is 0. The van der Waals surface area contributed by atoms with E-state index in [2.05, 4.69) is 9.97 Å². The third kappa shape index (κ3) is 2.34. The van der Waals surface area contributed by atoms with Crippen LogP contribution in [0.5, 0.6) is 0 Å². The molecule has 6 heteroatoms. The summed E-state index contributed by atoms with van der Waals surface area (Å²) in [5.41, 5.74) is 0.217. The van der Waals surface area contributed by atoms with E-state index in [-0.39, 0.29) is 5.56 Å². The van der Waals surface area contributed by atoms with Gasteiger partial charge in [-0.3, -0.25) is 0 Å². The van der Waals surface area contributed by atoms with Crippen LogP contribution in [0.15, 0.2) is 36.7 Å². The van der Waals surface area contributed by atoms with Crippen molar-refractivity contribution in [2.45, 2.75) is 18.6 Å². The Labute approximate surface area is 114 Å². The molecule has 1 N–H and O–H groups in total. The molecule has 0 spiro atoms. The zero-order valence-corrected chi connectivity index (χ0v) is 10.6. The van der Waals surface area contributed by atoms with Crippen molar-refractivity contribution < 1.29 is 13.9 Å². The summed E-state index contributed by atoms with van der Waals surface area (Å²) in [5, 5.41) is 9.84. The molecule has 1 fully saturated rings.